The zero-order valence-corrected chi connectivity index (χ0v) is 10.0. The number of ether oxygens (including phenoxy) is 2. The molecule has 2 unspecified atom stereocenters. The lowest BCUT2D eigenvalue weighted by Crippen LogP contribution is -2.48. The summed E-state index contributed by atoms with van der Waals surface area (Å²) in [6, 6.07) is -0.636. The molecule has 2 atom stereocenters. The maximum atomic E-state index is 11.6. The average Bonchev–Trinajstić information content (AvgIpc) is 2.48. The number of likely N-dealkylation sites (tertiary alicyclic amines) is 1. The molecule has 92 valence electrons. The van der Waals surface area contributed by atoms with Gasteiger partial charge in [-0.25, -0.2) is 0 Å². The maximum absolute atomic E-state index is 11.6. The van der Waals surface area contributed by atoms with E-state index in [0.29, 0.717) is 0 Å². The number of likely N-dealkylation sites (N-methyl/N-ethyl adjacent to an activating group) is 1. The second kappa shape index (κ2) is 5.38. The largest absolute Gasteiger partial charge is 0.354 e. The van der Waals surface area contributed by atoms with Gasteiger partial charge in [0.1, 0.15) is 0 Å². The fraction of sp³-hybridized carbons (Fsp3) is 0.800. The van der Waals surface area contributed by atoms with Crippen LogP contribution < -0.4 is 5.32 Å². The number of nitrogens with zero attached hydrogens (tertiary/aromatic N) is 1. The fourth-order valence-corrected chi connectivity index (χ4v) is 1.79. The lowest BCUT2D eigenvalue weighted by atomic mass is 10.2. The van der Waals surface area contributed by atoms with E-state index < -0.39 is 12.3 Å². The van der Waals surface area contributed by atoms with Gasteiger partial charge in [-0.05, 0) is 6.92 Å². The first kappa shape index (κ1) is 13.1. The quantitative estimate of drug-likeness (QED) is 0.501. The highest BCUT2D eigenvalue weighted by Gasteiger charge is 2.37. The first-order valence-electron chi connectivity index (χ1n) is 5.13. The molecule has 0 aromatic rings. The highest BCUT2D eigenvalue weighted by atomic mass is 16.7. The van der Waals surface area contributed by atoms with Crippen LogP contribution in [0.25, 0.3) is 0 Å². The Kier molecular flexibility index (Phi) is 4.40. The van der Waals surface area contributed by atoms with Gasteiger partial charge in [0.05, 0.1) is 18.5 Å². The fourth-order valence-electron chi connectivity index (χ4n) is 1.79. The lowest BCUT2D eigenvalue weighted by molar-refractivity contribution is -0.138. The maximum Gasteiger partial charge on any atom is 0.246 e. The van der Waals surface area contributed by atoms with E-state index in [1.54, 1.807) is 0 Å². The molecule has 1 heterocycles. The summed E-state index contributed by atoms with van der Waals surface area (Å²) in [6.45, 7) is 1.84. The minimum absolute atomic E-state index is 0.164. The first-order valence-corrected chi connectivity index (χ1v) is 5.13. The summed E-state index contributed by atoms with van der Waals surface area (Å²) < 4.78 is 10.1. The summed E-state index contributed by atoms with van der Waals surface area (Å²) in [4.78, 5) is 24.0. The average molecular weight is 230 g/mol. The predicted molar refractivity (Wildman–Crippen MR) is 56.6 cm³/mol. The third-order valence-electron chi connectivity index (χ3n) is 2.72. The predicted octanol–water partition coefficient (Wildman–Crippen LogP) is -0.659. The molecule has 1 aliphatic heterocycles. The molecule has 0 spiro atoms. The van der Waals surface area contributed by atoms with Crippen molar-refractivity contribution in [1.29, 1.82) is 0 Å². The molecular formula is C10H18N2O4. The SMILES string of the molecule is COC(OC)C(C)NC1CC(=O)N(C)C1=O. The normalized spacial score (nSPS) is 23.3. The minimum Gasteiger partial charge on any atom is -0.354 e. The lowest BCUT2D eigenvalue weighted by Gasteiger charge is -2.24. The molecule has 0 bridgehead atoms. The van der Waals surface area contributed by atoms with Crippen LogP contribution in [-0.2, 0) is 19.1 Å². The number of hydrogen-bond acceptors (Lipinski definition) is 5. The topological polar surface area (TPSA) is 67.9 Å². The van der Waals surface area contributed by atoms with Crippen molar-refractivity contribution in [2.24, 2.45) is 0 Å². The molecular weight excluding hydrogens is 212 g/mol. The van der Waals surface area contributed by atoms with Gasteiger partial charge in [-0.2, -0.15) is 0 Å². The second-order valence-electron chi connectivity index (χ2n) is 3.84. The molecule has 0 aromatic carbocycles. The smallest absolute Gasteiger partial charge is 0.246 e. The summed E-state index contributed by atoms with van der Waals surface area (Å²) in [5, 5.41) is 3.03. The summed E-state index contributed by atoms with van der Waals surface area (Å²) in [5.74, 6) is -0.371. The molecule has 1 rings (SSSR count). The van der Waals surface area contributed by atoms with Crippen LogP contribution in [0.15, 0.2) is 0 Å². The van der Waals surface area contributed by atoms with Crippen molar-refractivity contribution >= 4 is 11.8 Å². The molecule has 1 fully saturated rings. The van der Waals surface area contributed by atoms with Crippen LogP contribution in [0.5, 0.6) is 0 Å². The highest BCUT2D eigenvalue weighted by Crippen LogP contribution is 2.12. The number of hydrogen-bond donors (Lipinski definition) is 1. The highest BCUT2D eigenvalue weighted by molar-refractivity contribution is 6.05. The number of carbonyl (C=O) groups is 2. The molecule has 0 radical (unpaired) electrons. The van der Waals surface area contributed by atoms with E-state index in [1.165, 1.54) is 21.3 Å². The Morgan fingerprint density at radius 1 is 1.38 bits per heavy atom. The summed E-state index contributed by atoms with van der Waals surface area (Å²) in [7, 11) is 4.54. The number of rotatable bonds is 5. The van der Waals surface area contributed by atoms with Crippen molar-refractivity contribution in [3.8, 4) is 0 Å². The molecule has 0 saturated carbocycles. The Morgan fingerprint density at radius 2 is 1.94 bits per heavy atom. The Hall–Kier alpha value is -0.980. The monoisotopic (exact) mass is 230 g/mol. The molecule has 2 amide bonds. The van der Waals surface area contributed by atoms with Gasteiger partial charge in [0.2, 0.25) is 11.8 Å². The molecule has 6 nitrogen and oxygen atoms in total. The van der Waals surface area contributed by atoms with Crippen LogP contribution in [0, 0.1) is 0 Å². The first-order chi connectivity index (χ1) is 7.51. The zero-order chi connectivity index (χ0) is 12.3. The van der Waals surface area contributed by atoms with Crippen molar-refractivity contribution < 1.29 is 19.1 Å². The molecule has 1 saturated heterocycles. The van der Waals surface area contributed by atoms with E-state index in [1.807, 2.05) is 6.92 Å². The molecule has 0 aromatic heterocycles. The van der Waals surface area contributed by atoms with E-state index in [0.717, 1.165) is 4.90 Å². The van der Waals surface area contributed by atoms with Gasteiger partial charge in [0.25, 0.3) is 0 Å². The van der Waals surface area contributed by atoms with Crippen molar-refractivity contribution in [2.75, 3.05) is 21.3 Å². The minimum atomic E-state index is -0.472. The van der Waals surface area contributed by atoms with E-state index in [-0.39, 0.29) is 24.3 Å². The van der Waals surface area contributed by atoms with Gasteiger partial charge in [-0.3, -0.25) is 19.8 Å². The molecule has 1 N–H and O–H groups in total. The second-order valence-corrected chi connectivity index (χ2v) is 3.84. The number of methoxy groups -OCH3 is 2. The van der Waals surface area contributed by atoms with Crippen LogP contribution in [-0.4, -0.2) is 56.4 Å². The van der Waals surface area contributed by atoms with Crippen molar-refractivity contribution in [1.82, 2.24) is 10.2 Å². The zero-order valence-electron chi connectivity index (χ0n) is 10.0. The summed E-state index contributed by atoms with van der Waals surface area (Å²) in [6.07, 6.45) is -0.242. The van der Waals surface area contributed by atoms with Gasteiger partial charge in [-0.15, -0.1) is 0 Å². The van der Waals surface area contributed by atoms with Gasteiger partial charge < -0.3 is 9.47 Å². The summed E-state index contributed by atoms with van der Waals surface area (Å²) >= 11 is 0. The van der Waals surface area contributed by atoms with Crippen LogP contribution in [0.3, 0.4) is 0 Å². The van der Waals surface area contributed by atoms with E-state index in [9.17, 15) is 9.59 Å². The van der Waals surface area contributed by atoms with Crippen molar-refractivity contribution in [3.05, 3.63) is 0 Å². The van der Waals surface area contributed by atoms with Gasteiger partial charge in [-0.1, -0.05) is 0 Å². The Labute approximate surface area is 94.9 Å². The summed E-state index contributed by atoms with van der Waals surface area (Å²) in [5.41, 5.74) is 0. The number of amides is 2. The molecule has 0 aliphatic carbocycles. The van der Waals surface area contributed by atoms with Gasteiger partial charge in [0, 0.05) is 21.3 Å². The van der Waals surface area contributed by atoms with Crippen LogP contribution in [0.2, 0.25) is 0 Å². The molecule has 6 heteroatoms. The standard InChI is InChI=1S/C10H18N2O4/c1-6(10(15-3)16-4)11-7-5-8(13)12(2)9(7)14/h6-7,10-11H,5H2,1-4H3. The Morgan fingerprint density at radius 3 is 2.31 bits per heavy atom. The van der Waals surface area contributed by atoms with Crippen LogP contribution >= 0.6 is 0 Å². The third-order valence-corrected chi connectivity index (χ3v) is 2.72. The van der Waals surface area contributed by atoms with Crippen molar-refractivity contribution in [3.63, 3.8) is 0 Å². The number of imide groups is 1. The van der Waals surface area contributed by atoms with Crippen molar-refractivity contribution in [2.45, 2.75) is 31.7 Å². The molecule has 16 heavy (non-hydrogen) atoms. The van der Waals surface area contributed by atoms with E-state index >= 15 is 0 Å². The van der Waals surface area contributed by atoms with E-state index in [4.69, 9.17) is 9.47 Å². The van der Waals surface area contributed by atoms with Crippen LogP contribution in [0.1, 0.15) is 13.3 Å². The Bertz CT molecular complexity index is 278. The van der Waals surface area contributed by atoms with Crippen LogP contribution in [0.4, 0.5) is 0 Å². The Balaban J connectivity index is 2.55. The molecule has 1 aliphatic rings. The van der Waals surface area contributed by atoms with Gasteiger partial charge in [0.15, 0.2) is 6.29 Å². The third kappa shape index (κ3) is 2.58. The van der Waals surface area contributed by atoms with Gasteiger partial charge >= 0.3 is 0 Å². The van der Waals surface area contributed by atoms with E-state index in [2.05, 4.69) is 5.32 Å². The number of carbonyl (C=O) groups excluding carboxylic acids is 2. The number of nitrogens with one attached hydrogen (secondary N) is 1.